The number of H-pyrrole nitrogens is 1. The van der Waals surface area contributed by atoms with Crippen molar-refractivity contribution in [1.82, 2.24) is 41.9 Å². The van der Waals surface area contributed by atoms with Crippen LogP contribution in [0.5, 0.6) is 0 Å². The summed E-state index contributed by atoms with van der Waals surface area (Å²) in [4.78, 5) is 106. The van der Waals surface area contributed by atoms with Crippen molar-refractivity contribution in [3.63, 3.8) is 0 Å². The number of hydrogen-bond acceptors (Lipinski definition) is 12. The van der Waals surface area contributed by atoms with Crippen molar-refractivity contribution >= 4 is 72.6 Å². The molecule has 0 saturated carbocycles. The third-order valence-electron chi connectivity index (χ3n) is 6.71. The molecular weight excluding hydrogens is 674 g/mol. The van der Waals surface area contributed by atoms with Crippen molar-refractivity contribution in [2.24, 2.45) is 11.7 Å². The van der Waals surface area contributed by atoms with Gasteiger partial charge in [0.2, 0.25) is 35.4 Å². The van der Waals surface area contributed by atoms with Crippen LogP contribution in [0.3, 0.4) is 0 Å². The highest BCUT2D eigenvalue weighted by Gasteiger charge is 2.34. The number of aromatic nitrogens is 2. The summed E-state index contributed by atoms with van der Waals surface area (Å²) in [6, 6.07) is -9.06. The standard InChI is InChI=1S/C27H43N9O10S2/c1-11(2)20(26(44)34-17(6-19(37)38)25(43)35-18(9-48)27(45)46)36-22(40)13(4)32-24(42)16(5-14-7-29-10-30-14)33-21(39)12(3)31-23(41)15(28)8-47/h7,10-13,15-18,20,47-48H,5-6,8-9,28H2,1-4H3,(H,29,30)(H,31,41)(H,32,42)(H,33,39)(H,34,44)(H,35,43)(H,36,40)(H,37,38)(H,45,46). The Morgan fingerprint density at radius 3 is 1.73 bits per heavy atom. The summed E-state index contributed by atoms with van der Waals surface area (Å²) in [6.07, 6.45) is 1.80. The Hall–Kier alpha value is -4.37. The lowest BCUT2D eigenvalue weighted by molar-refractivity contribution is -0.143. The second-order valence-electron chi connectivity index (χ2n) is 11.1. The maximum atomic E-state index is 13.3. The van der Waals surface area contributed by atoms with Crippen LogP contribution in [0.15, 0.2) is 12.5 Å². The molecule has 7 atom stereocenters. The molecular formula is C27H43N9O10S2. The molecule has 0 aromatic carbocycles. The number of thiol groups is 2. The van der Waals surface area contributed by atoms with Gasteiger partial charge in [0.15, 0.2) is 0 Å². The van der Waals surface area contributed by atoms with Crippen LogP contribution in [-0.4, -0.2) is 121 Å². The second kappa shape index (κ2) is 20.1. The summed E-state index contributed by atoms with van der Waals surface area (Å²) in [5.74, 6) is -8.82. The van der Waals surface area contributed by atoms with Gasteiger partial charge in [-0.05, 0) is 19.8 Å². The van der Waals surface area contributed by atoms with Gasteiger partial charge in [0.1, 0.15) is 36.3 Å². The van der Waals surface area contributed by atoms with Gasteiger partial charge in [0, 0.05) is 29.8 Å². The molecule has 0 fully saturated rings. The lowest BCUT2D eigenvalue weighted by Gasteiger charge is -2.27. The number of carboxylic acid groups (broad SMARTS) is 2. The van der Waals surface area contributed by atoms with Crippen molar-refractivity contribution < 1.29 is 48.6 Å². The van der Waals surface area contributed by atoms with E-state index in [-0.39, 0.29) is 17.9 Å². The molecule has 0 bridgehead atoms. The van der Waals surface area contributed by atoms with E-state index in [9.17, 15) is 48.6 Å². The highest BCUT2D eigenvalue weighted by molar-refractivity contribution is 7.80. The Morgan fingerprint density at radius 2 is 1.25 bits per heavy atom. The zero-order chi connectivity index (χ0) is 36.7. The Balaban J connectivity index is 3.03. The normalized spacial score (nSPS) is 15.3. The SMILES string of the molecule is CC(NC(=O)C(N)CS)C(=O)NC(Cc1cnc[nH]1)C(=O)NC(C)C(=O)NC(C(=O)NC(CC(=O)O)C(=O)NC(CS)C(=O)O)C(C)C. The average Bonchev–Trinajstić information content (AvgIpc) is 3.53. The zero-order valence-corrected chi connectivity index (χ0v) is 28.5. The molecule has 0 aliphatic carbocycles. The fourth-order valence-electron chi connectivity index (χ4n) is 3.89. The molecule has 48 heavy (non-hydrogen) atoms. The van der Waals surface area contributed by atoms with Gasteiger partial charge in [-0.2, -0.15) is 25.3 Å². The molecule has 21 heteroatoms. The molecule has 268 valence electrons. The third-order valence-corrected chi connectivity index (χ3v) is 7.46. The second-order valence-corrected chi connectivity index (χ2v) is 11.8. The van der Waals surface area contributed by atoms with Gasteiger partial charge >= 0.3 is 11.9 Å². The number of nitrogens with zero attached hydrogens (tertiary/aromatic N) is 1. The summed E-state index contributed by atoms with van der Waals surface area (Å²) in [7, 11) is 0. The van der Waals surface area contributed by atoms with Gasteiger partial charge in [0.05, 0.1) is 18.8 Å². The molecule has 7 unspecified atom stereocenters. The molecule has 11 N–H and O–H groups in total. The predicted octanol–water partition coefficient (Wildman–Crippen LogP) is -3.70. The van der Waals surface area contributed by atoms with Crippen molar-refractivity contribution in [3.05, 3.63) is 18.2 Å². The first-order valence-corrected chi connectivity index (χ1v) is 15.9. The highest BCUT2D eigenvalue weighted by atomic mass is 32.1. The van der Waals surface area contributed by atoms with E-state index in [2.05, 4.69) is 67.1 Å². The number of rotatable bonds is 20. The molecule has 0 aliphatic heterocycles. The van der Waals surface area contributed by atoms with E-state index in [0.29, 0.717) is 5.69 Å². The van der Waals surface area contributed by atoms with Crippen LogP contribution in [0, 0.1) is 5.92 Å². The van der Waals surface area contributed by atoms with Gasteiger partial charge in [0.25, 0.3) is 0 Å². The fraction of sp³-hybridized carbons (Fsp3) is 0.593. The van der Waals surface area contributed by atoms with Crippen LogP contribution in [0.4, 0.5) is 0 Å². The summed E-state index contributed by atoms with van der Waals surface area (Å²) < 4.78 is 0. The van der Waals surface area contributed by atoms with Gasteiger partial charge in [-0.3, -0.25) is 33.6 Å². The predicted molar refractivity (Wildman–Crippen MR) is 176 cm³/mol. The summed E-state index contributed by atoms with van der Waals surface area (Å²) in [5.41, 5.74) is 6.09. The summed E-state index contributed by atoms with van der Waals surface area (Å²) in [5, 5.41) is 32.6. The van der Waals surface area contributed by atoms with Crippen LogP contribution < -0.4 is 37.6 Å². The lowest BCUT2D eigenvalue weighted by atomic mass is 10.0. The Morgan fingerprint density at radius 1 is 0.729 bits per heavy atom. The fourth-order valence-corrected chi connectivity index (χ4v) is 4.30. The molecule has 6 amide bonds. The summed E-state index contributed by atoms with van der Waals surface area (Å²) in [6.45, 7) is 5.80. The smallest absolute Gasteiger partial charge is 0.327 e. The number of hydrogen-bond donors (Lipinski definition) is 12. The monoisotopic (exact) mass is 717 g/mol. The van der Waals surface area contributed by atoms with Gasteiger partial charge < -0.3 is 52.8 Å². The van der Waals surface area contributed by atoms with Crippen molar-refractivity contribution in [2.45, 2.75) is 82.8 Å². The van der Waals surface area contributed by atoms with E-state index in [4.69, 9.17) is 5.73 Å². The summed E-state index contributed by atoms with van der Waals surface area (Å²) >= 11 is 7.78. The van der Waals surface area contributed by atoms with Gasteiger partial charge in [-0.15, -0.1) is 0 Å². The molecule has 1 aromatic heterocycles. The number of aliphatic carboxylic acids is 2. The number of aromatic amines is 1. The minimum absolute atomic E-state index is 0.0339. The van der Waals surface area contributed by atoms with Crippen molar-refractivity contribution in [1.29, 1.82) is 0 Å². The van der Waals surface area contributed by atoms with Gasteiger partial charge in [-0.25, -0.2) is 9.78 Å². The lowest BCUT2D eigenvalue weighted by Crippen LogP contribution is -2.60. The van der Waals surface area contributed by atoms with E-state index in [1.54, 1.807) is 13.8 Å². The Labute approximate surface area is 286 Å². The first kappa shape index (κ1) is 41.7. The minimum atomic E-state index is -1.69. The molecule has 0 radical (unpaired) electrons. The zero-order valence-electron chi connectivity index (χ0n) is 26.7. The quantitative estimate of drug-likeness (QED) is 0.0581. The maximum Gasteiger partial charge on any atom is 0.327 e. The van der Waals surface area contributed by atoms with Crippen LogP contribution >= 0.6 is 25.3 Å². The average molecular weight is 718 g/mol. The van der Waals surface area contributed by atoms with Crippen LogP contribution in [0.2, 0.25) is 0 Å². The number of carbonyl (C=O) groups is 8. The number of carboxylic acids is 2. The topological polar surface area (TPSA) is 304 Å². The first-order chi connectivity index (χ1) is 22.4. The van der Waals surface area contributed by atoms with E-state index < -0.39 is 102 Å². The third kappa shape index (κ3) is 13.8. The number of imidazole rings is 1. The number of carbonyl (C=O) groups excluding carboxylic acids is 6. The van der Waals surface area contributed by atoms with Crippen LogP contribution in [0.1, 0.15) is 39.8 Å². The van der Waals surface area contributed by atoms with E-state index in [0.717, 1.165) is 0 Å². The van der Waals surface area contributed by atoms with E-state index in [1.165, 1.54) is 26.4 Å². The van der Waals surface area contributed by atoms with Crippen LogP contribution in [0.25, 0.3) is 0 Å². The minimum Gasteiger partial charge on any atom is -0.481 e. The number of nitrogens with two attached hydrogens (primary N) is 1. The number of nitrogens with one attached hydrogen (secondary N) is 7. The molecule has 19 nitrogen and oxygen atoms in total. The first-order valence-electron chi connectivity index (χ1n) is 14.6. The largest absolute Gasteiger partial charge is 0.481 e. The van der Waals surface area contributed by atoms with Crippen molar-refractivity contribution in [2.75, 3.05) is 11.5 Å². The molecule has 0 aliphatic rings. The van der Waals surface area contributed by atoms with Crippen LogP contribution in [-0.2, 0) is 44.8 Å². The molecule has 1 aromatic rings. The van der Waals surface area contributed by atoms with E-state index in [1.807, 2.05) is 0 Å². The Kier molecular flexibility index (Phi) is 17.4. The maximum absolute atomic E-state index is 13.3. The van der Waals surface area contributed by atoms with E-state index >= 15 is 0 Å². The Bertz CT molecular complexity index is 1310. The van der Waals surface area contributed by atoms with Crippen molar-refractivity contribution in [3.8, 4) is 0 Å². The highest BCUT2D eigenvalue weighted by Crippen LogP contribution is 2.06. The molecule has 1 heterocycles. The molecule has 0 spiro atoms. The van der Waals surface area contributed by atoms with Gasteiger partial charge in [-0.1, -0.05) is 13.8 Å². The molecule has 0 saturated heterocycles. The number of amides is 6. The molecule has 1 rings (SSSR count).